The lowest BCUT2D eigenvalue weighted by molar-refractivity contribution is 0.143. The van der Waals surface area contributed by atoms with Crippen LogP contribution in [-0.4, -0.2) is 14.4 Å². The molecular formula is C23H32OSi. The molecule has 1 unspecified atom stereocenters. The molecule has 2 aromatic rings. The van der Waals surface area contributed by atoms with Crippen LogP contribution >= 0.6 is 0 Å². The molecule has 1 aliphatic rings. The SMILES string of the molecule is CC1CC[C@@H](O[Si](c2ccccc2)(c2ccccc2)C(C)(C)C)[C@@H]1C. The van der Waals surface area contributed by atoms with E-state index in [1.165, 1.54) is 23.2 Å². The second-order valence-corrected chi connectivity index (χ2v) is 13.0. The van der Waals surface area contributed by atoms with Gasteiger partial charge in [-0.05, 0) is 40.1 Å². The summed E-state index contributed by atoms with van der Waals surface area (Å²) in [6, 6.07) is 22.0. The monoisotopic (exact) mass is 352 g/mol. The largest absolute Gasteiger partial charge is 0.404 e. The quantitative estimate of drug-likeness (QED) is 0.704. The van der Waals surface area contributed by atoms with Crippen molar-refractivity contribution in [2.75, 3.05) is 0 Å². The molecule has 0 aromatic heterocycles. The first-order chi connectivity index (χ1) is 11.9. The molecule has 0 saturated heterocycles. The topological polar surface area (TPSA) is 9.23 Å². The van der Waals surface area contributed by atoms with Gasteiger partial charge in [0.2, 0.25) is 0 Å². The van der Waals surface area contributed by atoms with Gasteiger partial charge in [-0.25, -0.2) is 0 Å². The van der Waals surface area contributed by atoms with Crippen LogP contribution in [0.15, 0.2) is 60.7 Å². The van der Waals surface area contributed by atoms with Gasteiger partial charge in [-0.15, -0.1) is 0 Å². The number of hydrogen-bond acceptors (Lipinski definition) is 1. The second-order valence-electron chi connectivity index (χ2n) is 8.73. The van der Waals surface area contributed by atoms with Crippen LogP contribution < -0.4 is 10.4 Å². The van der Waals surface area contributed by atoms with E-state index >= 15 is 0 Å². The van der Waals surface area contributed by atoms with Gasteiger partial charge in [-0.1, -0.05) is 95.3 Å². The maximum Gasteiger partial charge on any atom is 0.261 e. The fourth-order valence-corrected chi connectivity index (χ4v) is 9.21. The zero-order valence-electron chi connectivity index (χ0n) is 16.3. The smallest absolute Gasteiger partial charge is 0.261 e. The van der Waals surface area contributed by atoms with Crippen molar-refractivity contribution < 1.29 is 4.43 Å². The van der Waals surface area contributed by atoms with Crippen LogP contribution in [0.25, 0.3) is 0 Å². The van der Waals surface area contributed by atoms with E-state index in [0.717, 1.165) is 5.92 Å². The molecule has 1 saturated carbocycles. The van der Waals surface area contributed by atoms with Crippen LogP contribution in [0.2, 0.25) is 5.04 Å². The second kappa shape index (κ2) is 7.09. The molecule has 0 radical (unpaired) electrons. The van der Waals surface area contributed by atoms with Crippen molar-refractivity contribution in [2.45, 2.75) is 58.6 Å². The molecule has 2 aromatic carbocycles. The van der Waals surface area contributed by atoms with Crippen molar-refractivity contribution >= 4 is 18.7 Å². The highest BCUT2D eigenvalue weighted by Crippen LogP contribution is 2.42. The van der Waals surface area contributed by atoms with E-state index in [0.29, 0.717) is 12.0 Å². The van der Waals surface area contributed by atoms with Gasteiger partial charge in [-0.2, -0.15) is 0 Å². The molecule has 0 spiro atoms. The van der Waals surface area contributed by atoms with E-state index in [1.54, 1.807) is 0 Å². The number of benzene rings is 2. The summed E-state index contributed by atoms with van der Waals surface area (Å²) in [5, 5.41) is 2.85. The summed E-state index contributed by atoms with van der Waals surface area (Å²) < 4.78 is 7.26. The maximum atomic E-state index is 7.26. The van der Waals surface area contributed by atoms with Crippen molar-refractivity contribution in [1.82, 2.24) is 0 Å². The summed E-state index contributed by atoms with van der Waals surface area (Å²) in [4.78, 5) is 0. The minimum atomic E-state index is -2.39. The van der Waals surface area contributed by atoms with Gasteiger partial charge in [0.25, 0.3) is 8.32 Å². The molecular weight excluding hydrogens is 320 g/mol. The lowest BCUT2D eigenvalue weighted by Crippen LogP contribution is -2.68. The Hall–Kier alpha value is -1.38. The Bertz CT molecular complexity index is 635. The van der Waals surface area contributed by atoms with Gasteiger partial charge >= 0.3 is 0 Å². The van der Waals surface area contributed by atoms with E-state index in [2.05, 4.69) is 95.3 Å². The van der Waals surface area contributed by atoms with Gasteiger partial charge in [-0.3, -0.25) is 0 Å². The fraction of sp³-hybridized carbons (Fsp3) is 0.478. The van der Waals surface area contributed by atoms with Crippen LogP contribution in [-0.2, 0) is 4.43 Å². The predicted molar refractivity (Wildman–Crippen MR) is 110 cm³/mol. The molecule has 1 aliphatic carbocycles. The highest BCUT2D eigenvalue weighted by atomic mass is 28.4. The third-order valence-electron chi connectivity index (χ3n) is 6.14. The Labute approximate surface area is 154 Å². The lowest BCUT2D eigenvalue weighted by atomic mass is 10.00. The Kier molecular flexibility index (Phi) is 5.22. The lowest BCUT2D eigenvalue weighted by Gasteiger charge is -2.45. The van der Waals surface area contributed by atoms with Gasteiger partial charge < -0.3 is 4.43 Å². The maximum absolute atomic E-state index is 7.26. The van der Waals surface area contributed by atoms with Gasteiger partial charge in [0.15, 0.2) is 0 Å². The van der Waals surface area contributed by atoms with Crippen molar-refractivity contribution in [2.24, 2.45) is 11.8 Å². The van der Waals surface area contributed by atoms with E-state index < -0.39 is 8.32 Å². The molecule has 0 heterocycles. The minimum absolute atomic E-state index is 0.0707. The van der Waals surface area contributed by atoms with Crippen LogP contribution in [0.1, 0.15) is 47.5 Å². The molecule has 0 N–H and O–H groups in total. The summed E-state index contributed by atoms with van der Waals surface area (Å²) in [5.41, 5.74) is 0. The van der Waals surface area contributed by atoms with Crippen molar-refractivity contribution in [3.8, 4) is 0 Å². The normalized spacial score (nSPS) is 24.4. The molecule has 0 aliphatic heterocycles. The summed E-state index contributed by atoms with van der Waals surface area (Å²) in [6.45, 7) is 11.8. The average molecular weight is 353 g/mol. The summed E-state index contributed by atoms with van der Waals surface area (Å²) in [6.07, 6.45) is 2.83. The first-order valence-corrected chi connectivity index (χ1v) is 11.6. The van der Waals surface area contributed by atoms with E-state index in [9.17, 15) is 0 Å². The molecule has 3 rings (SSSR count). The molecule has 3 atom stereocenters. The molecule has 0 bridgehead atoms. The molecule has 2 heteroatoms. The highest BCUT2D eigenvalue weighted by molar-refractivity contribution is 6.99. The van der Waals surface area contributed by atoms with Gasteiger partial charge in [0.1, 0.15) is 0 Å². The Balaban J connectivity index is 2.16. The molecule has 0 amide bonds. The van der Waals surface area contributed by atoms with Crippen LogP contribution in [0, 0.1) is 11.8 Å². The van der Waals surface area contributed by atoms with Crippen molar-refractivity contribution in [1.29, 1.82) is 0 Å². The van der Waals surface area contributed by atoms with Gasteiger partial charge in [0, 0.05) is 6.10 Å². The molecule has 1 nitrogen and oxygen atoms in total. The first-order valence-electron chi connectivity index (χ1n) is 9.65. The predicted octanol–water partition coefficient (Wildman–Crippen LogP) is 5.00. The first kappa shape index (κ1) is 18.4. The van der Waals surface area contributed by atoms with E-state index in [-0.39, 0.29) is 5.04 Å². The van der Waals surface area contributed by atoms with Gasteiger partial charge in [0.05, 0.1) is 0 Å². The van der Waals surface area contributed by atoms with Crippen LogP contribution in [0.4, 0.5) is 0 Å². The third-order valence-corrected chi connectivity index (χ3v) is 11.2. The number of rotatable bonds is 4. The third kappa shape index (κ3) is 3.34. The summed E-state index contributed by atoms with van der Waals surface area (Å²) in [5.74, 6) is 1.38. The molecule has 134 valence electrons. The fourth-order valence-electron chi connectivity index (χ4n) is 4.40. The Morgan fingerprint density at radius 3 is 1.64 bits per heavy atom. The highest BCUT2D eigenvalue weighted by Gasteiger charge is 2.52. The Morgan fingerprint density at radius 1 is 0.800 bits per heavy atom. The molecule has 25 heavy (non-hydrogen) atoms. The van der Waals surface area contributed by atoms with Crippen LogP contribution in [0.5, 0.6) is 0 Å². The Morgan fingerprint density at radius 2 is 1.28 bits per heavy atom. The molecule has 1 fully saturated rings. The summed E-state index contributed by atoms with van der Waals surface area (Å²) in [7, 11) is -2.39. The standard InChI is InChI=1S/C23H32OSi/c1-18-16-17-22(19(18)2)24-25(23(3,4)5,20-12-8-6-9-13-20)21-14-10-7-11-15-21/h6-15,18-19,22H,16-17H2,1-5H3/t18?,19-,22-/m1/s1. The number of hydrogen-bond donors (Lipinski definition) is 0. The van der Waals surface area contributed by atoms with Crippen molar-refractivity contribution in [3.05, 3.63) is 60.7 Å². The van der Waals surface area contributed by atoms with Crippen LogP contribution in [0.3, 0.4) is 0 Å². The minimum Gasteiger partial charge on any atom is -0.404 e. The average Bonchev–Trinajstić information content (AvgIpc) is 2.92. The van der Waals surface area contributed by atoms with E-state index in [1.807, 2.05) is 0 Å². The zero-order valence-corrected chi connectivity index (χ0v) is 17.3. The zero-order chi connectivity index (χ0) is 18.1. The van der Waals surface area contributed by atoms with E-state index in [4.69, 9.17) is 4.43 Å². The van der Waals surface area contributed by atoms with Crippen molar-refractivity contribution in [3.63, 3.8) is 0 Å². The summed E-state index contributed by atoms with van der Waals surface area (Å²) >= 11 is 0.